The monoisotopic (exact) mass is 387 g/mol. The number of carbonyl (C=O) groups is 2. The molecule has 4 rings (SSSR count). The molecule has 146 valence electrons. The van der Waals surface area contributed by atoms with Gasteiger partial charge in [0.25, 0.3) is 5.91 Å². The Kier molecular flexibility index (Phi) is 5.16. The summed E-state index contributed by atoms with van der Waals surface area (Å²) in [6, 6.07) is 21.8. The Morgan fingerprint density at radius 3 is 2.59 bits per heavy atom. The molecule has 1 aliphatic rings. The number of anilines is 3. The third-order valence-electron chi connectivity index (χ3n) is 4.57. The van der Waals surface area contributed by atoms with E-state index in [4.69, 9.17) is 4.74 Å². The molecule has 0 bridgehead atoms. The fraction of sp³-hybridized carbons (Fsp3) is 0.130. The first-order valence-electron chi connectivity index (χ1n) is 9.43. The highest BCUT2D eigenvalue weighted by molar-refractivity contribution is 6.12. The molecule has 0 aromatic heterocycles. The number of amides is 2. The van der Waals surface area contributed by atoms with Crippen molar-refractivity contribution in [3.05, 3.63) is 78.4 Å². The van der Waals surface area contributed by atoms with Crippen LogP contribution in [0.25, 0.3) is 0 Å². The number of hydrogen-bond acceptors (Lipinski definition) is 4. The zero-order chi connectivity index (χ0) is 20.2. The third-order valence-corrected chi connectivity index (χ3v) is 4.57. The van der Waals surface area contributed by atoms with Gasteiger partial charge in [0.05, 0.1) is 22.6 Å². The van der Waals surface area contributed by atoms with Crippen LogP contribution in [0.3, 0.4) is 0 Å². The van der Waals surface area contributed by atoms with Gasteiger partial charge in [-0.2, -0.15) is 0 Å². The second kappa shape index (κ2) is 8.06. The van der Waals surface area contributed by atoms with Crippen LogP contribution in [-0.4, -0.2) is 17.9 Å². The standard InChI is InChI=1S/C23H21N3O3/c1-15-14-21(27)25-19-12-7-10-17(22(19)24-15)23(28)26-18-11-5-6-13-20(18)29-16-8-3-2-4-9-16/h2-13,15,24H,14H2,1H3,(H,25,27)(H,26,28). The number of hydrogen-bond donors (Lipinski definition) is 3. The number of carbonyl (C=O) groups excluding carboxylic acids is 2. The van der Waals surface area contributed by atoms with Crippen molar-refractivity contribution in [2.24, 2.45) is 0 Å². The fourth-order valence-corrected chi connectivity index (χ4v) is 3.24. The topological polar surface area (TPSA) is 79.5 Å². The van der Waals surface area contributed by atoms with Gasteiger partial charge in [0.2, 0.25) is 5.91 Å². The van der Waals surface area contributed by atoms with Crippen LogP contribution in [0.5, 0.6) is 11.5 Å². The molecule has 29 heavy (non-hydrogen) atoms. The Morgan fingerprint density at radius 1 is 1.00 bits per heavy atom. The first kappa shape index (κ1) is 18.6. The van der Waals surface area contributed by atoms with Crippen molar-refractivity contribution in [2.75, 3.05) is 16.0 Å². The molecule has 3 N–H and O–H groups in total. The highest BCUT2D eigenvalue weighted by Gasteiger charge is 2.23. The first-order chi connectivity index (χ1) is 14.1. The van der Waals surface area contributed by atoms with Gasteiger partial charge in [-0.3, -0.25) is 9.59 Å². The molecule has 6 nitrogen and oxygen atoms in total. The summed E-state index contributed by atoms with van der Waals surface area (Å²) in [7, 11) is 0. The van der Waals surface area contributed by atoms with Crippen molar-refractivity contribution in [3.63, 3.8) is 0 Å². The van der Waals surface area contributed by atoms with Crippen LogP contribution in [0, 0.1) is 0 Å². The fourth-order valence-electron chi connectivity index (χ4n) is 3.24. The minimum atomic E-state index is -0.290. The predicted octanol–water partition coefficient (Wildman–Crippen LogP) is 4.87. The predicted molar refractivity (Wildman–Crippen MR) is 114 cm³/mol. The van der Waals surface area contributed by atoms with Crippen molar-refractivity contribution in [1.82, 2.24) is 0 Å². The molecule has 0 fully saturated rings. The highest BCUT2D eigenvalue weighted by Crippen LogP contribution is 2.33. The maximum atomic E-state index is 13.1. The lowest BCUT2D eigenvalue weighted by Gasteiger charge is -2.17. The molecule has 6 heteroatoms. The molecule has 0 spiro atoms. The highest BCUT2D eigenvalue weighted by atomic mass is 16.5. The van der Waals surface area contributed by atoms with E-state index >= 15 is 0 Å². The molecule has 2 amide bonds. The van der Waals surface area contributed by atoms with E-state index in [1.165, 1.54) is 0 Å². The van der Waals surface area contributed by atoms with Crippen LogP contribution < -0.4 is 20.7 Å². The van der Waals surface area contributed by atoms with Gasteiger partial charge in [-0.25, -0.2) is 0 Å². The summed E-state index contributed by atoms with van der Waals surface area (Å²) in [6.45, 7) is 1.91. The van der Waals surface area contributed by atoms with Gasteiger partial charge in [-0.05, 0) is 43.3 Å². The molecular formula is C23H21N3O3. The quantitative estimate of drug-likeness (QED) is 0.596. The molecule has 0 saturated heterocycles. The Bertz CT molecular complexity index is 1050. The van der Waals surface area contributed by atoms with Gasteiger partial charge in [0.1, 0.15) is 5.75 Å². The number of ether oxygens (including phenoxy) is 1. The Morgan fingerprint density at radius 2 is 1.76 bits per heavy atom. The number of benzene rings is 3. The number of fused-ring (bicyclic) bond motifs is 1. The van der Waals surface area contributed by atoms with Crippen LogP contribution >= 0.6 is 0 Å². The third kappa shape index (κ3) is 4.21. The molecule has 1 unspecified atom stereocenters. The summed E-state index contributed by atoms with van der Waals surface area (Å²) in [5, 5.41) is 9.04. The molecule has 1 heterocycles. The van der Waals surface area contributed by atoms with Crippen LogP contribution in [0.4, 0.5) is 17.1 Å². The average Bonchev–Trinajstić information content (AvgIpc) is 2.86. The molecule has 1 aliphatic heterocycles. The van der Waals surface area contributed by atoms with E-state index in [0.717, 1.165) is 0 Å². The van der Waals surface area contributed by atoms with E-state index in [-0.39, 0.29) is 17.9 Å². The Balaban J connectivity index is 1.62. The van der Waals surface area contributed by atoms with Crippen LogP contribution in [0.2, 0.25) is 0 Å². The maximum Gasteiger partial charge on any atom is 0.257 e. The van der Waals surface area contributed by atoms with Gasteiger partial charge in [0, 0.05) is 12.5 Å². The van der Waals surface area contributed by atoms with E-state index in [0.29, 0.717) is 40.5 Å². The zero-order valence-electron chi connectivity index (χ0n) is 15.9. The minimum Gasteiger partial charge on any atom is -0.455 e. The SMILES string of the molecule is CC1CC(=O)Nc2cccc(C(=O)Nc3ccccc3Oc3ccccc3)c2N1. The summed E-state index contributed by atoms with van der Waals surface area (Å²) in [5.41, 5.74) is 2.22. The van der Waals surface area contributed by atoms with Crippen molar-refractivity contribution >= 4 is 28.9 Å². The maximum absolute atomic E-state index is 13.1. The molecule has 0 aliphatic carbocycles. The minimum absolute atomic E-state index is 0.0806. The first-order valence-corrected chi connectivity index (χ1v) is 9.43. The van der Waals surface area contributed by atoms with Crippen LogP contribution in [-0.2, 0) is 4.79 Å². The van der Waals surface area contributed by atoms with Gasteiger partial charge in [0.15, 0.2) is 5.75 Å². The van der Waals surface area contributed by atoms with E-state index in [2.05, 4.69) is 16.0 Å². The Hall–Kier alpha value is -3.80. The second-order valence-electron chi connectivity index (χ2n) is 6.89. The average molecular weight is 387 g/mol. The summed E-state index contributed by atoms with van der Waals surface area (Å²) >= 11 is 0. The molecular weight excluding hydrogens is 366 g/mol. The summed E-state index contributed by atoms with van der Waals surface area (Å²) in [4.78, 5) is 25.1. The summed E-state index contributed by atoms with van der Waals surface area (Å²) in [5.74, 6) is 0.856. The second-order valence-corrected chi connectivity index (χ2v) is 6.89. The van der Waals surface area contributed by atoms with Crippen molar-refractivity contribution in [1.29, 1.82) is 0 Å². The van der Waals surface area contributed by atoms with Gasteiger partial charge < -0.3 is 20.7 Å². The number of nitrogens with one attached hydrogen (secondary N) is 3. The van der Waals surface area contributed by atoms with Gasteiger partial charge in [-0.15, -0.1) is 0 Å². The van der Waals surface area contributed by atoms with E-state index in [1.54, 1.807) is 30.3 Å². The number of rotatable bonds is 4. The lowest BCUT2D eigenvalue weighted by molar-refractivity contribution is -0.116. The lowest BCUT2D eigenvalue weighted by Crippen LogP contribution is -2.20. The van der Waals surface area contributed by atoms with Crippen molar-refractivity contribution in [2.45, 2.75) is 19.4 Å². The van der Waals surface area contributed by atoms with Crippen molar-refractivity contribution < 1.29 is 14.3 Å². The molecule has 0 radical (unpaired) electrons. The molecule has 1 atom stereocenters. The van der Waals surface area contributed by atoms with Crippen LogP contribution in [0.1, 0.15) is 23.7 Å². The molecule has 3 aromatic carbocycles. The zero-order valence-corrected chi connectivity index (χ0v) is 15.9. The normalized spacial score (nSPS) is 15.3. The van der Waals surface area contributed by atoms with Gasteiger partial charge >= 0.3 is 0 Å². The van der Waals surface area contributed by atoms with E-state index in [1.807, 2.05) is 49.4 Å². The number of para-hydroxylation sites is 4. The lowest BCUT2D eigenvalue weighted by atomic mass is 10.1. The summed E-state index contributed by atoms with van der Waals surface area (Å²) < 4.78 is 5.92. The largest absolute Gasteiger partial charge is 0.455 e. The van der Waals surface area contributed by atoms with E-state index in [9.17, 15) is 9.59 Å². The molecule has 3 aromatic rings. The smallest absolute Gasteiger partial charge is 0.257 e. The van der Waals surface area contributed by atoms with Crippen molar-refractivity contribution in [3.8, 4) is 11.5 Å². The van der Waals surface area contributed by atoms with Crippen LogP contribution in [0.15, 0.2) is 72.8 Å². The van der Waals surface area contributed by atoms with Gasteiger partial charge in [-0.1, -0.05) is 36.4 Å². The Labute approximate surface area is 168 Å². The van der Waals surface area contributed by atoms with E-state index < -0.39 is 0 Å². The molecule has 0 saturated carbocycles. The summed E-state index contributed by atoms with van der Waals surface area (Å²) in [6.07, 6.45) is 0.337.